The number of esters is 1. The Bertz CT molecular complexity index is 855. The average molecular weight is 714 g/mol. The Labute approximate surface area is 303 Å². The lowest BCUT2D eigenvalue weighted by molar-refractivity contribution is -0.293. The van der Waals surface area contributed by atoms with Crippen LogP contribution in [0.4, 0.5) is 0 Å². The number of carbonyl (C=O) groups is 2. The van der Waals surface area contributed by atoms with Gasteiger partial charge in [-0.15, -0.1) is 0 Å². The smallest absolute Gasteiger partial charge is 0.334 e. The maximum Gasteiger partial charge on any atom is 0.334 e. The van der Waals surface area contributed by atoms with E-state index in [4.69, 9.17) is 9.47 Å². The first kappa shape index (κ1) is 46.5. The van der Waals surface area contributed by atoms with Gasteiger partial charge in [-0.2, -0.15) is 0 Å². The molecule has 1 fully saturated rings. The summed E-state index contributed by atoms with van der Waals surface area (Å²) in [5.74, 6) is -1.46. The molecule has 0 aromatic rings. The van der Waals surface area contributed by atoms with Crippen LogP contribution in [0.25, 0.3) is 0 Å². The molecule has 1 aliphatic heterocycles. The molecule has 0 radical (unpaired) electrons. The molecule has 7 atom stereocenters. The van der Waals surface area contributed by atoms with Crippen LogP contribution in [0.2, 0.25) is 0 Å². The maximum absolute atomic E-state index is 13.2. The number of amides is 1. The standard InChI is InChI=1S/C40H75NO9/c1-3-5-7-9-11-13-15-17-19-21-23-25-27-29-32(43)35(39(48)50-40-38(47)37(46)36(45)33(31-42)49-40)41-34(44)30-28-26-24-22-20-18-16-14-12-10-8-6-4-2/h27,29,32-33,35-38,40,42-43,45-47H,3-26,28,30-31H2,1-2H3,(H,41,44)/b29-27+/t32?,33-,35?,36+,37+,38-,40+/m1/s1. The Morgan fingerprint density at radius 1 is 0.660 bits per heavy atom. The van der Waals surface area contributed by atoms with Gasteiger partial charge < -0.3 is 40.3 Å². The molecular formula is C40H75NO9. The third kappa shape index (κ3) is 21.7. The topological polar surface area (TPSA) is 166 Å². The minimum atomic E-state index is -1.78. The molecule has 0 saturated carbocycles. The summed E-state index contributed by atoms with van der Waals surface area (Å²) in [4.78, 5) is 26.1. The fourth-order valence-electron chi connectivity index (χ4n) is 6.46. The van der Waals surface area contributed by atoms with Crippen molar-refractivity contribution < 1.29 is 44.6 Å². The zero-order chi connectivity index (χ0) is 36.8. The Balaban J connectivity index is 2.51. The second-order valence-electron chi connectivity index (χ2n) is 14.4. The van der Waals surface area contributed by atoms with Crippen LogP contribution in [0, 0.1) is 0 Å². The van der Waals surface area contributed by atoms with Crippen LogP contribution in [-0.4, -0.2) is 86.9 Å². The van der Waals surface area contributed by atoms with E-state index in [1.165, 1.54) is 115 Å². The van der Waals surface area contributed by atoms with Gasteiger partial charge in [-0.1, -0.05) is 167 Å². The molecule has 294 valence electrons. The van der Waals surface area contributed by atoms with E-state index in [9.17, 15) is 35.1 Å². The number of hydrogen-bond donors (Lipinski definition) is 6. The first-order chi connectivity index (χ1) is 24.3. The van der Waals surface area contributed by atoms with Crippen molar-refractivity contribution in [2.24, 2.45) is 0 Å². The highest BCUT2D eigenvalue weighted by Gasteiger charge is 2.46. The monoisotopic (exact) mass is 714 g/mol. The molecule has 0 bridgehead atoms. The van der Waals surface area contributed by atoms with E-state index in [-0.39, 0.29) is 6.42 Å². The maximum atomic E-state index is 13.2. The van der Waals surface area contributed by atoms with E-state index in [2.05, 4.69) is 19.2 Å². The van der Waals surface area contributed by atoms with E-state index in [0.29, 0.717) is 6.42 Å². The molecule has 0 aromatic carbocycles. The van der Waals surface area contributed by atoms with Crippen molar-refractivity contribution in [1.29, 1.82) is 0 Å². The van der Waals surface area contributed by atoms with Crippen molar-refractivity contribution >= 4 is 11.9 Å². The van der Waals surface area contributed by atoms with Crippen LogP contribution in [0.15, 0.2) is 12.2 Å². The first-order valence-corrected chi connectivity index (χ1v) is 20.4. The summed E-state index contributed by atoms with van der Waals surface area (Å²) < 4.78 is 10.6. The normalized spacial score (nSPS) is 22.1. The molecular weight excluding hydrogens is 638 g/mol. The molecule has 1 amide bonds. The van der Waals surface area contributed by atoms with Crippen molar-refractivity contribution in [3.05, 3.63) is 12.2 Å². The van der Waals surface area contributed by atoms with Gasteiger partial charge >= 0.3 is 5.97 Å². The molecule has 0 aliphatic carbocycles. The number of carbonyl (C=O) groups excluding carboxylic acids is 2. The number of hydrogen-bond acceptors (Lipinski definition) is 9. The second kappa shape index (κ2) is 31.0. The lowest BCUT2D eigenvalue weighted by atomic mass is 9.99. The van der Waals surface area contributed by atoms with Gasteiger partial charge in [0.05, 0.1) is 6.61 Å². The number of unbranched alkanes of at least 4 members (excludes halogenated alkanes) is 23. The van der Waals surface area contributed by atoms with Gasteiger partial charge in [0.2, 0.25) is 12.2 Å². The molecule has 50 heavy (non-hydrogen) atoms. The van der Waals surface area contributed by atoms with E-state index >= 15 is 0 Å². The van der Waals surface area contributed by atoms with Crippen LogP contribution in [0.5, 0.6) is 0 Å². The Morgan fingerprint density at radius 3 is 1.56 bits per heavy atom. The minimum Gasteiger partial charge on any atom is -0.431 e. The van der Waals surface area contributed by atoms with E-state index < -0.39 is 61.3 Å². The Hall–Kier alpha value is -1.56. The molecule has 2 unspecified atom stereocenters. The average Bonchev–Trinajstić information content (AvgIpc) is 3.11. The minimum absolute atomic E-state index is 0.191. The van der Waals surface area contributed by atoms with Gasteiger partial charge in [0.15, 0.2) is 6.04 Å². The van der Waals surface area contributed by atoms with Gasteiger partial charge in [0, 0.05) is 6.42 Å². The van der Waals surface area contributed by atoms with Crippen molar-refractivity contribution in [2.45, 2.75) is 224 Å². The molecule has 10 nitrogen and oxygen atoms in total. The molecule has 10 heteroatoms. The Kier molecular flexibility index (Phi) is 28.8. The lowest BCUT2D eigenvalue weighted by Crippen LogP contribution is -2.60. The second-order valence-corrected chi connectivity index (χ2v) is 14.4. The largest absolute Gasteiger partial charge is 0.431 e. The van der Waals surface area contributed by atoms with Crippen molar-refractivity contribution in [2.75, 3.05) is 6.61 Å². The van der Waals surface area contributed by atoms with Crippen molar-refractivity contribution in [3.63, 3.8) is 0 Å². The summed E-state index contributed by atoms with van der Waals surface area (Å²) in [6, 6.07) is -1.47. The van der Waals surface area contributed by atoms with E-state index in [1.54, 1.807) is 6.08 Å². The molecule has 1 heterocycles. The quantitative estimate of drug-likeness (QED) is 0.0247. The SMILES string of the molecule is CCCCCCCCCCCCC/C=C/C(O)C(NC(=O)CCCCCCCCCCCCCCC)C(=O)O[C@@H]1O[C@H](CO)[C@H](O)[C@H](O)[C@H]1O. The van der Waals surface area contributed by atoms with Gasteiger partial charge in [0.1, 0.15) is 30.5 Å². The fourth-order valence-corrected chi connectivity index (χ4v) is 6.46. The van der Waals surface area contributed by atoms with Crippen LogP contribution in [0.3, 0.4) is 0 Å². The van der Waals surface area contributed by atoms with Crippen LogP contribution in [0.1, 0.15) is 181 Å². The predicted molar refractivity (Wildman–Crippen MR) is 198 cm³/mol. The summed E-state index contributed by atoms with van der Waals surface area (Å²) >= 11 is 0. The molecule has 1 saturated heterocycles. The van der Waals surface area contributed by atoms with Crippen LogP contribution >= 0.6 is 0 Å². The number of nitrogens with one attached hydrogen (secondary N) is 1. The van der Waals surface area contributed by atoms with E-state index in [1.807, 2.05) is 0 Å². The third-order valence-corrected chi connectivity index (χ3v) is 9.81. The highest BCUT2D eigenvalue weighted by Crippen LogP contribution is 2.23. The molecule has 1 rings (SSSR count). The number of aliphatic hydroxyl groups is 5. The highest BCUT2D eigenvalue weighted by molar-refractivity contribution is 5.85. The third-order valence-electron chi connectivity index (χ3n) is 9.81. The highest BCUT2D eigenvalue weighted by atomic mass is 16.7. The zero-order valence-corrected chi connectivity index (χ0v) is 31.7. The summed E-state index contributed by atoms with van der Waals surface area (Å²) in [6.07, 6.45) is 23.6. The molecule has 0 spiro atoms. The lowest BCUT2D eigenvalue weighted by Gasteiger charge is -2.39. The van der Waals surface area contributed by atoms with Gasteiger partial charge in [-0.25, -0.2) is 4.79 Å². The number of ether oxygens (including phenoxy) is 2. The van der Waals surface area contributed by atoms with Gasteiger partial charge in [0.25, 0.3) is 0 Å². The number of aliphatic hydroxyl groups excluding tert-OH is 5. The summed E-state index contributed by atoms with van der Waals surface area (Å²) in [6.45, 7) is 3.79. The molecule has 1 aliphatic rings. The zero-order valence-electron chi connectivity index (χ0n) is 31.7. The van der Waals surface area contributed by atoms with Crippen LogP contribution < -0.4 is 5.32 Å². The van der Waals surface area contributed by atoms with Crippen LogP contribution in [-0.2, 0) is 19.1 Å². The van der Waals surface area contributed by atoms with Crippen molar-refractivity contribution in [3.8, 4) is 0 Å². The summed E-state index contributed by atoms with van der Waals surface area (Å²) in [5.41, 5.74) is 0. The molecule has 6 N–H and O–H groups in total. The predicted octanol–water partition coefficient (Wildman–Crippen LogP) is 6.91. The number of rotatable bonds is 32. The summed E-state index contributed by atoms with van der Waals surface area (Å²) in [7, 11) is 0. The first-order valence-electron chi connectivity index (χ1n) is 20.4. The van der Waals surface area contributed by atoms with Gasteiger partial charge in [-0.05, 0) is 19.3 Å². The Morgan fingerprint density at radius 2 is 1.10 bits per heavy atom. The summed E-state index contributed by atoms with van der Waals surface area (Å²) in [5, 5.41) is 53.5. The fraction of sp³-hybridized carbons (Fsp3) is 0.900. The van der Waals surface area contributed by atoms with E-state index in [0.717, 1.165) is 44.9 Å². The van der Waals surface area contributed by atoms with Gasteiger partial charge in [-0.3, -0.25) is 4.79 Å². The molecule has 0 aromatic heterocycles. The van der Waals surface area contributed by atoms with Crippen molar-refractivity contribution in [1.82, 2.24) is 5.32 Å². The number of allylic oxidation sites excluding steroid dienone is 1.